The molecule has 0 saturated carbocycles. The van der Waals surface area contributed by atoms with E-state index in [1.807, 2.05) is 0 Å². The summed E-state index contributed by atoms with van der Waals surface area (Å²) in [7, 11) is 0. The van der Waals surface area contributed by atoms with Crippen molar-refractivity contribution in [2.24, 2.45) is 0 Å². The third-order valence-electron chi connectivity index (χ3n) is 0. The quantitative estimate of drug-likeness (QED) is 0.575. The molecule has 0 bridgehead atoms. The molecule has 4 nitrogen and oxygen atoms in total. The molecule has 0 aliphatic heterocycles. The van der Waals surface area contributed by atoms with Crippen LogP contribution in [0.1, 0.15) is 0 Å². The van der Waals surface area contributed by atoms with Crippen LogP contribution in [0.15, 0.2) is 0 Å². The summed E-state index contributed by atoms with van der Waals surface area (Å²) in [6, 6.07) is 0. The minimum absolute atomic E-state index is 0. The van der Waals surface area contributed by atoms with Crippen LogP contribution in [-0.4, -0.2) is 23.2 Å². The third kappa shape index (κ3) is 749. The van der Waals surface area contributed by atoms with Gasteiger partial charge in [0.1, 0.15) is 0 Å². The van der Waals surface area contributed by atoms with Crippen molar-refractivity contribution in [3.8, 4) is 0 Å². The molecule has 0 atom stereocenters. The maximum atomic E-state index is 8.24. The van der Waals surface area contributed by atoms with Crippen molar-refractivity contribution in [2.75, 3.05) is 0 Å². The van der Waals surface area contributed by atoms with E-state index in [4.69, 9.17) is 19.8 Å². The van der Waals surface area contributed by atoms with Crippen LogP contribution in [0.3, 0.4) is 0 Å². The Morgan fingerprint density at radius 3 is 1.00 bits per heavy atom. The normalized spacial score (nSPS) is 3.43. The monoisotopic (exact) mass is 316 g/mol. The average Bonchev–Trinajstić information content (AvgIpc) is 1.39. The molecule has 0 heterocycles. The first-order valence-electron chi connectivity index (χ1n) is 0.855. The first-order valence-corrected chi connectivity index (χ1v) is 0.855. The van der Waals surface area contributed by atoms with Crippen LogP contribution in [0.5, 0.6) is 0 Å². The minimum Gasteiger partial charge on any atom is -0.665 e. The molecule has 0 saturated heterocycles. The molecule has 0 fully saturated rings. The summed E-state index contributed by atoms with van der Waals surface area (Å²) in [4.78, 5) is 16.5. The van der Waals surface area contributed by atoms with Crippen molar-refractivity contribution < 1.29 is 64.8 Å². The molecule has 0 aromatic carbocycles. The fourth-order valence-electron chi connectivity index (χ4n) is 0. The van der Waals surface area contributed by atoms with Crippen molar-refractivity contribution in [1.82, 2.24) is 0 Å². The fourth-order valence-corrected chi connectivity index (χ4v) is 0. The standard InChI is InChI=1S/2CHO2.Ra/c2*2-1-3;/h2*(H,2,3);/q2*-1;+2. The van der Waals surface area contributed by atoms with E-state index in [9.17, 15) is 0 Å². The van der Waals surface area contributed by atoms with Crippen molar-refractivity contribution in [3.63, 3.8) is 0 Å². The molecular formula is C2H2O4Ra. The predicted octanol–water partition coefficient (Wildman–Crippen LogP) is -0.777. The van der Waals surface area contributed by atoms with Gasteiger partial charge < -0.3 is 19.8 Å². The molecule has 2 N–H and O–H groups in total. The van der Waals surface area contributed by atoms with Crippen LogP contribution in [0.2, 0.25) is 0 Å². The Bertz CT molecular complexity index is 30.7. The van der Waals surface area contributed by atoms with Gasteiger partial charge in [0.05, 0.1) is 0 Å². The van der Waals surface area contributed by atoms with Gasteiger partial charge in [-0.15, -0.1) is 0 Å². The molecule has 0 aromatic heterocycles. The maximum absolute atomic E-state index is 8.24. The summed E-state index contributed by atoms with van der Waals surface area (Å²) in [5, 5.41) is 13.5. The molecule has 0 amide bonds. The summed E-state index contributed by atoms with van der Waals surface area (Å²) in [6.07, 6.45) is 0. The summed E-state index contributed by atoms with van der Waals surface area (Å²) >= 11 is 0. The van der Waals surface area contributed by atoms with E-state index in [0.717, 1.165) is 0 Å². The van der Waals surface area contributed by atoms with Crippen LogP contribution >= 0.6 is 0 Å². The van der Waals surface area contributed by atoms with Crippen molar-refractivity contribution >= 4 is 12.9 Å². The Balaban J connectivity index is -0.0000000400. The number of rotatable bonds is 0. The van der Waals surface area contributed by atoms with Crippen LogP contribution in [0.4, 0.5) is 0 Å². The first kappa shape index (κ1) is 15.7. The molecule has 5 heteroatoms. The van der Waals surface area contributed by atoms with Gasteiger partial charge in [0.15, 0.2) is 0 Å². The van der Waals surface area contributed by atoms with E-state index in [2.05, 4.69) is 0 Å². The van der Waals surface area contributed by atoms with Gasteiger partial charge in [-0.2, -0.15) is 0 Å². The number of hydrogen-bond acceptors (Lipinski definition) is 2. The molecule has 0 unspecified atom stereocenters. The number of aliphatic hydroxyl groups excluding tert-OH is 2. The Kier molecular flexibility index (Phi) is 72.3. The molecule has 0 aliphatic rings. The second-order valence-corrected chi connectivity index (χ2v) is 0.183. The van der Waals surface area contributed by atoms with Crippen molar-refractivity contribution in [2.45, 2.75) is 0 Å². The second-order valence-electron chi connectivity index (χ2n) is 0.183. The van der Waals surface area contributed by atoms with Crippen LogP contribution in [-0.2, 0) is 9.59 Å². The minimum atomic E-state index is 0. The van der Waals surface area contributed by atoms with Crippen molar-refractivity contribution in [1.29, 1.82) is 0 Å². The van der Waals surface area contributed by atoms with E-state index >= 15 is 0 Å². The van der Waals surface area contributed by atoms with E-state index in [1.165, 1.54) is 0 Å². The Morgan fingerprint density at radius 2 is 1.00 bits per heavy atom. The topological polar surface area (TPSA) is 74.6 Å². The summed E-state index contributed by atoms with van der Waals surface area (Å²) in [6.45, 7) is 1.00. The molecule has 7 heavy (non-hydrogen) atoms. The molecule has 0 rings (SSSR count). The van der Waals surface area contributed by atoms with Gasteiger partial charge in [0.25, 0.3) is 0 Å². The zero-order valence-corrected chi connectivity index (χ0v) is 9.23. The third-order valence-corrected chi connectivity index (χ3v) is 0. The first-order chi connectivity index (χ1) is 2.83. The smallest absolute Gasteiger partial charge is 0.665 e. The maximum Gasteiger partial charge on any atom is 2.00 e. The molecule has 0 aliphatic carbocycles. The van der Waals surface area contributed by atoms with Gasteiger partial charge in [0, 0.05) is 0 Å². The van der Waals surface area contributed by atoms with E-state index in [1.54, 1.807) is 0 Å². The van der Waals surface area contributed by atoms with E-state index in [0.29, 0.717) is 12.9 Å². The summed E-state index contributed by atoms with van der Waals surface area (Å²) < 4.78 is 0. The van der Waals surface area contributed by atoms with Crippen molar-refractivity contribution in [3.05, 3.63) is 0 Å². The Labute approximate surface area is 77.0 Å². The molecule has 36 valence electrons. The SMILES string of the molecule is O=[C-]O.O=[C-]O.[Ra+2]. The summed E-state index contributed by atoms with van der Waals surface area (Å²) in [5.74, 6) is 0. The Morgan fingerprint density at radius 1 is 1.00 bits per heavy atom. The van der Waals surface area contributed by atoms with Gasteiger partial charge in [-0.25, -0.2) is 0 Å². The fraction of sp³-hybridized carbons (Fsp3) is 0. The van der Waals surface area contributed by atoms with E-state index in [-0.39, 0.29) is 45.0 Å². The Hall–Kier alpha value is 0.408. The van der Waals surface area contributed by atoms with Gasteiger partial charge in [0.2, 0.25) is 0 Å². The molecule has 0 aromatic rings. The van der Waals surface area contributed by atoms with Crippen LogP contribution < -0.4 is 0 Å². The predicted molar refractivity (Wildman–Crippen MR) is 16.6 cm³/mol. The molecular weight excluding hydrogens is 314 g/mol. The van der Waals surface area contributed by atoms with Gasteiger partial charge >= 0.3 is 45.0 Å². The van der Waals surface area contributed by atoms with Gasteiger partial charge in [-0.1, -0.05) is 12.9 Å². The average molecular weight is 316 g/mol. The molecule has 0 radical (unpaired) electrons. The molecule has 0 spiro atoms. The van der Waals surface area contributed by atoms with Crippen LogP contribution in [0.25, 0.3) is 0 Å². The van der Waals surface area contributed by atoms with E-state index < -0.39 is 0 Å². The largest absolute Gasteiger partial charge is 2.00 e. The number of hydrogen-bond donors (Lipinski definition) is 2. The summed E-state index contributed by atoms with van der Waals surface area (Å²) in [5.41, 5.74) is 0. The second kappa shape index (κ2) is 32.3. The zero-order chi connectivity index (χ0) is 5.41. The van der Waals surface area contributed by atoms with Gasteiger partial charge in [-0.3, -0.25) is 0 Å². The van der Waals surface area contributed by atoms with Gasteiger partial charge in [-0.05, 0) is 0 Å². The zero-order valence-electron chi connectivity index (χ0n) is 3.42. The van der Waals surface area contributed by atoms with Crippen LogP contribution in [0, 0.1) is 45.0 Å².